The number of aliphatic carboxylic acids is 1. The molecular formula is C23H27NO5. The van der Waals surface area contributed by atoms with E-state index in [0.29, 0.717) is 32.5 Å². The van der Waals surface area contributed by atoms with Crippen LogP contribution in [0.3, 0.4) is 0 Å². The number of hydrogen-bond acceptors (Lipinski definition) is 5. The van der Waals surface area contributed by atoms with Crippen LogP contribution in [0.2, 0.25) is 0 Å². The van der Waals surface area contributed by atoms with E-state index < -0.39 is 12.0 Å². The zero-order valence-electron chi connectivity index (χ0n) is 16.6. The summed E-state index contributed by atoms with van der Waals surface area (Å²) in [5.41, 5.74) is 1.77. The second kappa shape index (κ2) is 11.8. The van der Waals surface area contributed by atoms with Gasteiger partial charge in [-0.2, -0.15) is 0 Å². The van der Waals surface area contributed by atoms with Crippen molar-refractivity contribution in [2.45, 2.75) is 32.2 Å². The molecule has 3 rings (SSSR count). The molecule has 6 nitrogen and oxygen atoms in total. The van der Waals surface area contributed by atoms with Gasteiger partial charge in [-0.1, -0.05) is 60.7 Å². The molecule has 1 aliphatic heterocycles. The number of carbonyl (C=O) groups excluding carboxylic acids is 2. The minimum atomic E-state index is -0.786. The SMILES string of the molecule is CCOC(=O)C(c1ccccc1)N1CCC(=O)CC1.O=C(O)Cc1ccccc1. The molecule has 1 N–H and O–H groups in total. The summed E-state index contributed by atoms with van der Waals surface area (Å²) in [5.74, 6) is -0.749. The summed E-state index contributed by atoms with van der Waals surface area (Å²) in [6.45, 7) is 3.42. The minimum Gasteiger partial charge on any atom is -0.481 e. The second-order valence-corrected chi connectivity index (χ2v) is 6.70. The van der Waals surface area contributed by atoms with Gasteiger partial charge in [-0.3, -0.25) is 14.5 Å². The number of carboxylic acids is 1. The van der Waals surface area contributed by atoms with Crippen LogP contribution in [0, 0.1) is 0 Å². The largest absolute Gasteiger partial charge is 0.481 e. The van der Waals surface area contributed by atoms with Crippen molar-refractivity contribution in [3.63, 3.8) is 0 Å². The first kappa shape index (κ1) is 22.3. The Bertz CT molecular complexity index is 781. The van der Waals surface area contributed by atoms with Crippen molar-refractivity contribution in [2.75, 3.05) is 19.7 Å². The fourth-order valence-electron chi connectivity index (χ4n) is 3.15. The van der Waals surface area contributed by atoms with Crippen molar-refractivity contribution in [3.05, 3.63) is 71.8 Å². The first-order chi connectivity index (χ1) is 14.0. The monoisotopic (exact) mass is 397 g/mol. The van der Waals surface area contributed by atoms with E-state index in [1.54, 1.807) is 19.1 Å². The molecule has 154 valence electrons. The van der Waals surface area contributed by atoms with Crippen LogP contribution in [0.25, 0.3) is 0 Å². The molecule has 0 amide bonds. The molecule has 29 heavy (non-hydrogen) atoms. The number of ether oxygens (including phenoxy) is 1. The average molecular weight is 397 g/mol. The molecule has 1 heterocycles. The molecule has 2 aromatic carbocycles. The first-order valence-corrected chi connectivity index (χ1v) is 9.74. The van der Waals surface area contributed by atoms with E-state index >= 15 is 0 Å². The van der Waals surface area contributed by atoms with Crippen LogP contribution in [-0.4, -0.2) is 47.4 Å². The van der Waals surface area contributed by atoms with E-state index in [-0.39, 0.29) is 18.2 Å². The summed E-state index contributed by atoms with van der Waals surface area (Å²) in [7, 11) is 0. The van der Waals surface area contributed by atoms with Crippen LogP contribution >= 0.6 is 0 Å². The van der Waals surface area contributed by atoms with Crippen LogP contribution in [-0.2, 0) is 25.5 Å². The van der Waals surface area contributed by atoms with E-state index in [2.05, 4.69) is 0 Å². The van der Waals surface area contributed by atoms with Gasteiger partial charge in [0.1, 0.15) is 11.8 Å². The number of hydrogen-bond donors (Lipinski definition) is 1. The van der Waals surface area contributed by atoms with Crippen molar-refractivity contribution in [3.8, 4) is 0 Å². The third-order valence-electron chi connectivity index (χ3n) is 4.54. The van der Waals surface area contributed by atoms with Gasteiger partial charge in [0.2, 0.25) is 0 Å². The number of piperidine rings is 1. The predicted molar refractivity (Wildman–Crippen MR) is 109 cm³/mol. The lowest BCUT2D eigenvalue weighted by molar-refractivity contribution is -0.151. The minimum absolute atomic E-state index is 0.112. The Labute approximate surface area is 171 Å². The number of esters is 1. The Morgan fingerprint density at radius 3 is 2.07 bits per heavy atom. The number of Topliss-reactive ketones (excluding diaryl/α,β-unsaturated/α-hetero) is 1. The zero-order valence-corrected chi connectivity index (χ0v) is 16.6. The highest BCUT2D eigenvalue weighted by Crippen LogP contribution is 2.25. The van der Waals surface area contributed by atoms with Gasteiger partial charge in [-0.25, -0.2) is 4.79 Å². The fraction of sp³-hybridized carbons (Fsp3) is 0.348. The molecule has 1 fully saturated rings. The van der Waals surface area contributed by atoms with Gasteiger partial charge in [0.25, 0.3) is 0 Å². The Balaban J connectivity index is 0.000000253. The predicted octanol–water partition coefficient (Wildman–Crippen LogP) is 3.27. The molecule has 0 saturated carbocycles. The third kappa shape index (κ3) is 7.50. The maximum absolute atomic E-state index is 12.2. The number of nitrogens with zero attached hydrogens (tertiary/aromatic N) is 1. The second-order valence-electron chi connectivity index (χ2n) is 6.70. The van der Waals surface area contributed by atoms with E-state index in [9.17, 15) is 14.4 Å². The lowest BCUT2D eigenvalue weighted by atomic mass is 10.0. The standard InChI is InChI=1S/C15H19NO3.C8H8O2/c1-2-19-15(18)14(12-6-4-3-5-7-12)16-10-8-13(17)9-11-16;9-8(10)6-7-4-2-1-3-5-7/h3-7,14H,2,8-11H2,1H3;1-5H,6H2,(H,9,10). The number of carbonyl (C=O) groups is 3. The fourth-order valence-corrected chi connectivity index (χ4v) is 3.15. The molecular weight excluding hydrogens is 370 g/mol. The Morgan fingerprint density at radius 2 is 1.55 bits per heavy atom. The number of benzene rings is 2. The number of carboxylic acid groups (broad SMARTS) is 1. The quantitative estimate of drug-likeness (QED) is 0.753. The van der Waals surface area contributed by atoms with Crippen LogP contribution in [0.5, 0.6) is 0 Å². The lowest BCUT2D eigenvalue weighted by Crippen LogP contribution is -2.41. The maximum Gasteiger partial charge on any atom is 0.327 e. The van der Waals surface area contributed by atoms with Gasteiger partial charge in [-0.05, 0) is 18.1 Å². The summed E-state index contributed by atoms with van der Waals surface area (Å²) in [4.78, 5) is 35.7. The highest BCUT2D eigenvalue weighted by Gasteiger charge is 2.31. The zero-order chi connectivity index (χ0) is 21.1. The molecule has 6 heteroatoms. The molecule has 1 atom stereocenters. The van der Waals surface area contributed by atoms with Gasteiger partial charge in [0.05, 0.1) is 13.0 Å². The molecule has 2 aromatic rings. The van der Waals surface area contributed by atoms with E-state index in [0.717, 1.165) is 11.1 Å². The van der Waals surface area contributed by atoms with Crippen molar-refractivity contribution in [2.24, 2.45) is 0 Å². The van der Waals surface area contributed by atoms with Crippen molar-refractivity contribution in [1.29, 1.82) is 0 Å². The normalized spacial score (nSPS) is 15.0. The highest BCUT2D eigenvalue weighted by atomic mass is 16.5. The highest BCUT2D eigenvalue weighted by molar-refractivity contribution is 5.81. The van der Waals surface area contributed by atoms with Gasteiger partial charge in [-0.15, -0.1) is 0 Å². The molecule has 0 aromatic heterocycles. The summed E-state index contributed by atoms with van der Waals surface area (Å²) in [5, 5.41) is 8.37. The molecule has 0 bridgehead atoms. The number of likely N-dealkylation sites (tertiary alicyclic amines) is 1. The van der Waals surface area contributed by atoms with Crippen molar-refractivity contribution < 1.29 is 24.2 Å². The smallest absolute Gasteiger partial charge is 0.327 e. The lowest BCUT2D eigenvalue weighted by Gasteiger charge is -2.32. The molecule has 1 saturated heterocycles. The maximum atomic E-state index is 12.2. The van der Waals surface area contributed by atoms with Gasteiger partial charge < -0.3 is 9.84 Å². The van der Waals surface area contributed by atoms with E-state index in [1.165, 1.54) is 0 Å². The van der Waals surface area contributed by atoms with Crippen LogP contribution < -0.4 is 0 Å². The summed E-state index contributed by atoms with van der Waals surface area (Å²) >= 11 is 0. The van der Waals surface area contributed by atoms with Crippen molar-refractivity contribution in [1.82, 2.24) is 4.90 Å². The summed E-state index contributed by atoms with van der Waals surface area (Å²) in [6, 6.07) is 18.3. The van der Waals surface area contributed by atoms with Crippen molar-refractivity contribution >= 4 is 17.7 Å². The number of rotatable bonds is 6. The van der Waals surface area contributed by atoms with Crippen LogP contribution in [0.15, 0.2) is 60.7 Å². The Kier molecular flexibility index (Phi) is 9.05. The van der Waals surface area contributed by atoms with Gasteiger partial charge >= 0.3 is 11.9 Å². The Hall–Kier alpha value is -2.99. The molecule has 1 aliphatic rings. The summed E-state index contributed by atoms with van der Waals surface area (Å²) in [6.07, 6.45) is 1.15. The van der Waals surface area contributed by atoms with Gasteiger partial charge in [0.15, 0.2) is 0 Å². The van der Waals surface area contributed by atoms with Gasteiger partial charge in [0, 0.05) is 25.9 Å². The molecule has 0 spiro atoms. The van der Waals surface area contributed by atoms with Crippen LogP contribution in [0.4, 0.5) is 0 Å². The topological polar surface area (TPSA) is 83.9 Å². The Morgan fingerprint density at radius 1 is 1.00 bits per heavy atom. The molecule has 0 radical (unpaired) electrons. The van der Waals surface area contributed by atoms with E-state index in [4.69, 9.17) is 9.84 Å². The first-order valence-electron chi connectivity index (χ1n) is 9.74. The third-order valence-corrected chi connectivity index (χ3v) is 4.54. The number of ketones is 1. The average Bonchev–Trinajstić information content (AvgIpc) is 2.71. The van der Waals surface area contributed by atoms with Crippen LogP contribution in [0.1, 0.15) is 36.9 Å². The molecule has 1 unspecified atom stereocenters. The molecule has 0 aliphatic carbocycles. The summed E-state index contributed by atoms with van der Waals surface area (Å²) < 4.78 is 5.17. The van der Waals surface area contributed by atoms with E-state index in [1.807, 2.05) is 53.4 Å².